The number of nitrogens with zero attached hydrogens (tertiary/aromatic N) is 2. The maximum absolute atomic E-state index is 12.2. The van der Waals surface area contributed by atoms with Crippen molar-refractivity contribution in [1.82, 2.24) is 10.4 Å². The molecule has 1 aromatic heterocycles. The maximum Gasteiger partial charge on any atom is 0.314 e. The quantitative estimate of drug-likeness (QED) is 0.858. The highest BCUT2D eigenvalue weighted by Gasteiger charge is 2.29. The average molecular weight is 282 g/mol. The van der Waals surface area contributed by atoms with E-state index in [1.165, 1.54) is 6.26 Å². The van der Waals surface area contributed by atoms with Crippen molar-refractivity contribution in [3.8, 4) is 0 Å². The molecule has 1 unspecified atom stereocenters. The molecule has 0 bridgehead atoms. The van der Waals surface area contributed by atoms with E-state index in [9.17, 15) is 8.78 Å². The fraction of sp³-hybridized carbons (Fsp3) is 0.429. The first-order valence-electron chi connectivity index (χ1n) is 3.99. The first-order chi connectivity index (χ1) is 7.20. The van der Waals surface area contributed by atoms with Gasteiger partial charge in [-0.05, 0) is 0 Å². The third kappa shape index (κ3) is 2.09. The van der Waals surface area contributed by atoms with Crippen molar-refractivity contribution in [2.24, 2.45) is 5.10 Å². The van der Waals surface area contributed by atoms with Crippen LogP contribution in [0.4, 0.5) is 8.78 Å². The Balaban J connectivity index is 2.03. The Bertz CT molecular complexity index is 382. The van der Waals surface area contributed by atoms with E-state index < -0.39 is 18.6 Å². The molecule has 0 saturated carbocycles. The number of aromatic nitrogens is 1. The summed E-state index contributed by atoms with van der Waals surface area (Å²) in [5.74, 6) is -0.190. The van der Waals surface area contributed by atoms with Crippen molar-refractivity contribution in [1.29, 1.82) is 0 Å². The predicted octanol–water partition coefficient (Wildman–Crippen LogP) is 1.77. The zero-order valence-electron chi connectivity index (χ0n) is 7.28. The van der Waals surface area contributed by atoms with Gasteiger partial charge in [-0.15, -0.1) is 5.10 Å². The van der Waals surface area contributed by atoms with Crippen molar-refractivity contribution in [2.45, 2.75) is 18.0 Å². The molecule has 0 amide bonds. The number of ether oxygens (including phenoxy) is 1. The summed E-state index contributed by atoms with van der Waals surface area (Å²) in [5, 5.41) is 3.78. The highest BCUT2D eigenvalue weighted by molar-refractivity contribution is 9.08. The molecule has 1 aliphatic heterocycles. The lowest BCUT2D eigenvalue weighted by molar-refractivity contribution is 0.132. The second-order valence-electron chi connectivity index (χ2n) is 2.68. The third-order valence-electron chi connectivity index (χ3n) is 1.67. The van der Waals surface area contributed by atoms with Gasteiger partial charge >= 0.3 is 6.43 Å². The molecular weight excluding hydrogens is 276 g/mol. The van der Waals surface area contributed by atoms with E-state index in [0.717, 1.165) is 0 Å². The van der Waals surface area contributed by atoms with Crippen molar-refractivity contribution in [2.75, 3.05) is 0 Å². The van der Waals surface area contributed by atoms with E-state index in [1.54, 1.807) is 0 Å². The Labute approximate surface area is 91.6 Å². The predicted molar refractivity (Wildman–Crippen MR) is 49.5 cm³/mol. The minimum absolute atomic E-state index is 0.379. The summed E-state index contributed by atoms with van der Waals surface area (Å²) < 4.78 is 34.1. The van der Waals surface area contributed by atoms with Crippen LogP contribution in [-0.2, 0) is 10.1 Å². The third-order valence-corrected chi connectivity index (χ3v) is 2.15. The number of nitrogens with one attached hydrogen (secondary N) is 1. The molecule has 0 aliphatic carbocycles. The van der Waals surface area contributed by atoms with Gasteiger partial charge in [0.1, 0.15) is 12.0 Å². The summed E-state index contributed by atoms with van der Waals surface area (Å²) in [6.07, 6.45) is -2.20. The number of alkyl halides is 3. The van der Waals surface area contributed by atoms with Gasteiger partial charge in [-0.3, -0.25) is 5.43 Å². The van der Waals surface area contributed by atoms with Crippen LogP contribution in [0.3, 0.4) is 0 Å². The topological polar surface area (TPSA) is 59.7 Å². The van der Waals surface area contributed by atoms with E-state index >= 15 is 0 Å². The van der Waals surface area contributed by atoms with Gasteiger partial charge in [0.15, 0.2) is 0 Å². The van der Waals surface area contributed by atoms with Crippen LogP contribution in [0, 0.1) is 0 Å². The molecule has 0 fully saturated rings. The summed E-state index contributed by atoms with van der Waals surface area (Å²) in [5.41, 5.74) is 2.77. The summed E-state index contributed by atoms with van der Waals surface area (Å²) in [4.78, 5) is 3.99. The second kappa shape index (κ2) is 4.13. The van der Waals surface area contributed by atoms with Crippen molar-refractivity contribution in [3.05, 3.63) is 17.8 Å². The van der Waals surface area contributed by atoms with Gasteiger partial charge in [-0.25, -0.2) is 4.98 Å². The fourth-order valence-electron chi connectivity index (χ4n) is 1.03. The Hall–Kier alpha value is -1.18. The maximum atomic E-state index is 12.2. The molecule has 1 aliphatic rings. The van der Waals surface area contributed by atoms with Gasteiger partial charge in [0, 0.05) is 0 Å². The molecule has 0 aromatic carbocycles. The Kier molecular flexibility index (Phi) is 2.85. The number of hydrazone groups is 1. The standard InChI is InChI=1S/C7H6BrF2N3O2/c8-1-4-11-3(2-14-4)6-12-13-7(15-6)5(9)10/h2,5-6,12H,1H2. The Morgan fingerprint density at radius 1 is 1.60 bits per heavy atom. The van der Waals surface area contributed by atoms with E-state index in [2.05, 4.69) is 31.4 Å². The van der Waals surface area contributed by atoms with Crippen LogP contribution in [0.2, 0.25) is 0 Å². The smallest absolute Gasteiger partial charge is 0.314 e. The summed E-state index contributed by atoms with van der Waals surface area (Å²) in [6, 6.07) is 0. The molecule has 1 aromatic rings. The molecule has 0 radical (unpaired) electrons. The van der Waals surface area contributed by atoms with Crippen molar-refractivity contribution in [3.63, 3.8) is 0 Å². The Morgan fingerprint density at radius 2 is 2.40 bits per heavy atom. The van der Waals surface area contributed by atoms with Gasteiger partial charge in [0.25, 0.3) is 5.90 Å². The largest absolute Gasteiger partial charge is 0.448 e. The van der Waals surface area contributed by atoms with Gasteiger partial charge in [-0.1, -0.05) is 15.9 Å². The summed E-state index contributed by atoms with van der Waals surface area (Å²) in [7, 11) is 0. The molecule has 82 valence electrons. The van der Waals surface area contributed by atoms with Gasteiger partial charge in [0.05, 0.1) is 5.33 Å². The van der Waals surface area contributed by atoms with Crippen LogP contribution in [0.1, 0.15) is 17.8 Å². The lowest BCUT2D eigenvalue weighted by atomic mass is 10.4. The van der Waals surface area contributed by atoms with Gasteiger partial charge in [0.2, 0.25) is 12.1 Å². The van der Waals surface area contributed by atoms with Crippen molar-refractivity contribution >= 4 is 21.8 Å². The fourth-order valence-corrected chi connectivity index (χ4v) is 1.29. The van der Waals surface area contributed by atoms with Crippen LogP contribution in [-0.4, -0.2) is 17.3 Å². The lowest BCUT2D eigenvalue weighted by Crippen LogP contribution is -2.15. The average Bonchev–Trinajstić information content (AvgIpc) is 2.86. The minimum Gasteiger partial charge on any atom is -0.448 e. The van der Waals surface area contributed by atoms with E-state index in [-0.39, 0.29) is 0 Å². The molecule has 1 N–H and O–H groups in total. The zero-order valence-corrected chi connectivity index (χ0v) is 8.87. The number of halogens is 3. The monoisotopic (exact) mass is 281 g/mol. The first kappa shape index (κ1) is 10.3. The second-order valence-corrected chi connectivity index (χ2v) is 3.24. The molecule has 8 heteroatoms. The molecule has 15 heavy (non-hydrogen) atoms. The number of rotatable bonds is 3. The molecule has 5 nitrogen and oxygen atoms in total. The van der Waals surface area contributed by atoms with Crippen LogP contribution in [0.5, 0.6) is 0 Å². The highest BCUT2D eigenvalue weighted by atomic mass is 79.9. The lowest BCUT2D eigenvalue weighted by Gasteiger charge is -2.06. The summed E-state index contributed by atoms with van der Waals surface area (Å²) >= 11 is 3.15. The highest BCUT2D eigenvalue weighted by Crippen LogP contribution is 2.21. The van der Waals surface area contributed by atoms with Gasteiger partial charge < -0.3 is 9.15 Å². The zero-order chi connectivity index (χ0) is 10.8. The molecule has 0 saturated heterocycles. The number of hydrogen-bond donors (Lipinski definition) is 1. The number of hydrogen-bond acceptors (Lipinski definition) is 5. The van der Waals surface area contributed by atoms with E-state index in [1.807, 2.05) is 0 Å². The van der Waals surface area contributed by atoms with E-state index in [4.69, 9.17) is 9.15 Å². The first-order valence-corrected chi connectivity index (χ1v) is 5.11. The molecule has 2 heterocycles. The Morgan fingerprint density at radius 3 is 2.93 bits per heavy atom. The molecule has 1 atom stereocenters. The molecular formula is C7H6BrF2N3O2. The van der Waals surface area contributed by atoms with Crippen molar-refractivity contribution < 1.29 is 17.9 Å². The SMILES string of the molecule is FC(F)C1=NNC(c2coc(CBr)n2)O1. The minimum atomic E-state index is -2.73. The van der Waals surface area contributed by atoms with Crippen LogP contribution in [0.15, 0.2) is 15.8 Å². The molecule has 0 spiro atoms. The number of oxazole rings is 1. The summed E-state index contributed by atoms with van der Waals surface area (Å²) in [6.45, 7) is 0. The van der Waals surface area contributed by atoms with Crippen LogP contribution < -0.4 is 5.43 Å². The van der Waals surface area contributed by atoms with Crippen LogP contribution >= 0.6 is 15.9 Å². The normalized spacial score (nSPS) is 20.0. The van der Waals surface area contributed by atoms with E-state index in [0.29, 0.717) is 16.9 Å². The van der Waals surface area contributed by atoms with Crippen LogP contribution in [0.25, 0.3) is 0 Å². The molecule has 2 rings (SSSR count). The van der Waals surface area contributed by atoms with Gasteiger partial charge in [-0.2, -0.15) is 8.78 Å².